The molecule has 0 nitrogen and oxygen atoms in total. The highest BCUT2D eigenvalue weighted by Gasteiger charge is 1.95. The van der Waals surface area contributed by atoms with Crippen LogP contribution in [0.5, 0.6) is 0 Å². The second kappa shape index (κ2) is 10.1. The Labute approximate surface area is 134 Å². The van der Waals surface area contributed by atoms with Gasteiger partial charge in [-0.2, -0.15) is 0 Å². The molecule has 0 radical (unpaired) electrons. The Morgan fingerprint density at radius 2 is 1.00 bits per heavy atom. The van der Waals surface area contributed by atoms with Crippen LogP contribution in [0.4, 0.5) is 0 Å². The van der Waals surface area contributed by atoms with Gasteiger partial charge in [0.15, 0.2) is 0 Å². The summed E-state index contributed by atoms with van der Waals surface area (Å²) in [6.45, 7) is 0. The number of rotatable bonds is 5. The van der Waals surface area contributed by atoms with Gasteiger partial charge in [0.1, 0.15) is 11.1 Å². The summed E-state index contributed by atoms with van der Waals surface area (Å²) in [6, 6.07) is 20.4. The van der Waals surface area contributed by atoms with E-state index in [1.807, 2.05) is 49.2 Å². The molecule has 2 rings (SSSR count). The number of benzene rings is 2. The fourth-order valence-corrected chi connectivity index (χ4v) is 1.94. The second-order valence-electron chi connectivity index (χ2n) is 4.96. The molecule has 0 N–H and O–H groups in total. The third kappa shape index (κ3) is 6.65. The zero-order valence-corrected chi connectivity index (χ0v) is 12.8. The predicted molar refractivity (Wildman–Crippen MR) is 93.7 cm³/mol. The van der Waals surface area contributed by atoms with Crippen LogP contribution in [0.1, 0.15) is 36.8 Å². The molecule has 2 aromatic rings. The lowest BCUT2D eigenvalue weighted by Gasteiger charge is -1.86. The van der Waals surface area contributed by atoms with E-state index < -0.39 is 0 Å². The third-order valence-corrected chi connectivity index (χ3v) is 3.13. The van der Waals surface area contributed by atoms with E-state index in [9.17, 15) is 0 Å². The van der Waals surface area contributed by atoms with E-state index in [2.05, 4.69) is 47.9 Å². The van der Waals surface area contributed by atoms with Crippen molar-refractivity contribution in [3.8, 4) is 23.7 Å². The van der Waals surface area contributed by atoms with Crippen molar-refractivity contribution in [1.82, 2.24) is 0 Å². The molecule has 106 valence electrons. The second-order valence-corrected chi connectivity index (χ2v) is 4.96. The minimum atomic E-state index is 0.938. The quantitative estimate of drug-likeness (QED) is 0.409. The number of unbranched alkanes of at least 4 members (excludes halogenated alkanes) is 3. The first-order valence-corrected chi connectivity index (χ1v) is 7.68. The highest BCUT2D eigenvalue weighted by Crippen LogP contribution is 2.02. The van der Waals surface area contributed by atoms with E-state index in [0.717, 1.165) is 36.8 Å². The van der Waals surface area contributed by atoms with Gasteiger partial charge in [-0.15, -0.1) is 0 Å². The first-order valence-electron chi connectivity index (χ1n) is 7.68. The monoisotopic (exact) mass is 284 g/mol. The average Bonchev–Trinajstić information content (AvgIpc) is 2.58. The molecule has 0 aliphatic carbocycles. The standard InChI is InChI=1S/C22H20/c1(3-5-9-15-21-17-11-7-12-18-21)2-4-6-10-16-22-19-13-8-14-20-22/h7-8,11-20H,1-4H2/q+2. The molecule has 0 spiro atoms. The highest BCUT2D eigenvalue weighted by atomic mass is 13.9. The SMILES string of the molecule is C(#CCCCCC#C[CH+]c1ccccc1)[CH+]c1ccccc1. The molecule has 2 aromatic carbocycles. The van der Waals surface area contributed by atoms with Crippen LogP contribution in [0.3, 0.4) is 0 Å². The van der Waals surface area contributed by atoms with E-state index in [4.69, 9.17) is 0 Å². The summed E-state index contributed by atoms with van der Waals surface area (Å²) >= 11 is 0. The molecule has 0 bridgehead atoms. The van der Waals surface area contributed by atoms with Crippen molar-refractivity contribution in [1.29, 1.82) is 0 Å². The van der Waals surface area contributed by atoms with Gasteiger partial charge in [-0.3, -0.25) is 0 Å². The van der Waals surface area contributed by atoms with E-state index in [1.54, 1.807) is 0 Å². The summed E-state index contributed by atoms with van der Waals surface area (Å²) in [5, 5.41) is 0. The van der Waals surface area contributed by atoms with Gasteiger partial charge >= 0.3 is 0 Å². The third-order valence-electron chi connectivity index (χ3n) is 3.13. The largest absolute Gasteiger partial charge is 0.104 e. The van der Waals surface area contributed by atoms with Gasteiger partial charge in [-0.1, -0.05) is 0 Å². The van der Waals surface area contributed by atoms with Crippen molar-refractivity contribution < 1.29 is 0 Å². The average molecular weight is 284 g/mol. The molecule has 0 unspecified atom stereocenters. The fraction of sp³-hybridized carbons (Fsp3) is 0.182. The molecule has 0 saturated carbocycles. The molecule has 0 heteroatoms. The van der Waals surface area contributed by atoms with Gasteiger partial charge in [0.05, 0.1) is 25.7 Å². The fourth-order valence-electron chi connectivity index (χ4n) is 1.94. The topological polar surface area (TPSA) is 0 Å². The van der Waals surface area contributed by atoms with E-state index in [-0.39, 0.29) is 0 Å². The minimum Gasteiger partial charge on any atom is -0.0425 e. The van der Waals surface area contributed by atoms with Crippen LogP contribution in [0.25, 0.3) is 0 Å². The Hall–Kier alpha value is -2.70. The van der Waals surface area contributed by atoms with E-state index in [1.165, 1.54) is 0 Å². The van der Waals surface area contributed by atoms with Crippen molar-refractivity contribution in [3.63, 3.8) is 0 Å². The van der Waals surface area contributed by atoms with Crippen LogP contribution < -0.4 is 0 Å². The Balaban J connectivity index is 1.53. The molecule has 0 aliphatic heterocycles. The molecule has 0 aromatic heterocycles. The van der Waals surface area contributed by atoms with Gasteiger partial charge in [-0.05, 0) is 49.2 Å². The van der Waals surface area contributed by atoms with Crippen molar-refractivity contribution in [2.45, 2.75) is 25.7 Å². The molecule has 0 atom stereocenters. The van der Waals surface area contributed by atoms with Crippen LogP contribution in [0, 0.1) is 36.5 Å². The lowest BCUT2D eigenvalue weighted by molar-refractivity contribution is 0.782. The Morgan fingerprint density at radius 3 is 1.41 bits per heavy atom. The summed E-state index contributed by atoms with van der Waals surface area (Å²) in [5.74, 6) is 12.6. The zero-order valence-electron chi connectivity index (χ0n) is 12.8. The van der Waals surface area contributed by atoms with Gasteiger partial charge < -0.3 is 0 Å². The summed E-state index contributed by atoms with van der Waals surface area (Å²) in [4.78, 5) is 0. The summed E-state index contributed by atoms with van der Waals surface area (Å²) in [7, 11) is 0. The van der Waals surface area contributed by atoms with Crippen molar-refractivity contribution in [2.75, 3.05) is 0 Å². The van der Waals surface area contributed by atoms with E-state index >= 15 is 0 Å². The van der Waals surface area contributed by atoms with Crippen molar-refractivity contribution in [2.24, 2.45) is 0 Å². The highest BCUT2D eigenvalue weighted by molar-refractivity contribution is 5.32. The molecule has 0 amide bonds. The van der Waals surface area contributed by atoms with Crippen LogP contribution in [0.15, 0.2) is 60.7 Å². The maximum absolute atomic E-state index is 3.19. The summed E-state index contributed by atoms with van der Waals surface area (Å²) in [6.07, 6.45) is 8.02. The molecule has 0 aliphatic rings. The Kier molecular flexibility index (Phi) is 7.19. The zero-order chi connectivity index (χ0) is 15.3. The Bertz CT molecular complexity index is 584. The van der Waals surface area contributed by atoms with Crippen LogP contribution in [0.2, 0.25) is 0 Å². The lowest BCUT2D eigenvalue weighted by atomic mass is 10.1. The Morgan fingerprint density at radius 1 is 0.591 bits per heavy atom. The normalized spacial score (nSPS) is 8.91. The molecule has 0 fully saturated rings. The minimum absolute atomic E-state index is 0.938. The van der Waals surface area contributed by atoms with Gasteiger partial charge in [0, 0.05) is 47.9 Å². The number of hydrogen-bond donors (Lipinski definition) is 0. The van der Waals surface area contributed by atoms with Crippen molar-refractivity contribution in [3.05, 3.63) is 84.6 Å². The predicted octanol–water partition coefficient (Wildman–Crippen LogP) is 5.06. The summed E-state index contributed by atoms with van der Waals surface area (Å²) in [5.41, 5.74) is 2.33. The van der Waals surface area contributed by atoms with E-state index in [0.29, 0.717) is 0 Å². The lowest BCUT2D eigenvalue weighted by Crippen LogP contribution is -1.78. The maximum atomic E-state index is 3.19. The van der Waals surface area contributed by atoms with Crippen LogP contribution in [-0.4, -0.2) is 0 Å². The molecular formula is C22H20+2. The molecule has 0 heterocycles. The smallest absolute Gasteiger partial charge is 0.0425 e. The van der Waals surface area contributed by atoms with Crippen LogP contribution in [-0.2, 0) is 0 Å². The molecule has 0 saturated heterocycles. The van der Waals surface area contributed by atoms with Gasteiger partial charge in [0.2, 0.25) is 0 Å². The first-order chi connectivity index (χ1) is 10.9. The van der Waals surface area contributed by atoms with Gasteiger partial charge in [-0.25, -0.2) is 0 Å². The van der Waals surface area contributed by atoms with Crippen molar-refractivity contribution >= 4 is 0 Å². The number of hydrogen-bond acceptors (Lipinski definition) is 0. The van der Waals surface area contributed by atoms with Crippen LogP contribution >= 0.6 is 0 Å². The molecule has 22 heavy (non-hydrogen) atoms. The summed E-state index contributed by atoms with van der Waals surface area (Å²) < 4.78 is 0. The molecular weight excluding hydrogens is 264 g/mol. The first kappa shape index (κ1) is 15.7. The maximum Gasteiger partial charge on any atom is 0.104 e. The van der Waals surface area contributed by atoms with Gasteiger partial charge in [0.25, 0.3) is 0 Å².